The molecule has 5 nitrogen and oxygen atoms in total. The molecule has 1 amide bonds. The van der Waals surface area contributed by atoms with Crippen LogP contribution in [0.25, 0.3) is 10.9 Å². The first kappa shape index (κ1) is 20.7. The lowest BCUT2D eigenvalue weighted by Gasteiger charge is -2.24. The van der Waals surface area contributed by atoms with Gasteiger partial charge >= 0.3 is 0 Å². The number of aromatic nitrogens is 1. The van der Waals surface area contributed by atoms with E-state index < -0.39 is 17.5 Å². The van der Waals surface area contributed by atoms with Crippen LogP contribution in [0.4, 0.5) is 14.6 Å². The zero-order valence-electron chi connectivity index (χ0n) is 17.5. The smallest absolute Gasteiger partial charge is 0.256 e. The molecule has 2 aromatic carbocycles. The highest BCUT2D eigenvalue weighted by molar-refractivity contribution is 5.94. The first-order valence-electron chi connectivity index (χ1n) is 10.2. The van der Waals surface area contributed by atoms with Gasteiger partial charge in [-0.25, -0.2) is 13.8 Å². The van der Waals surface area contributed by atoms with Gasteiger partial charge in [0.05, 0.1) is 16.6 Å². The van der Waals surface area contributed by atoms with Crippen LogP contribution >= 0.6 is 0 Å². The van der Waals surface area contributed by atoms with Crippen molar-refractivity contribution in [2.45, 2.75) is 20.3 Å². The highest BCUT2D eigenvalue weighted by atomic mass is 19.1. The molecule has 0 N–H and O–H groups in total. The predicted molar refractivity (Wildman–Crippen MR) is 115 cm³/mol. The number of carbonyl (C=O) groups excluding carboxylic acids is 1. The minimum Gasteiger partial charge on any atom is -0.354 e. The highest BCUT2D eigenvalue weighted by Gasteiger charge is 2.24. The number of hydrogen-bond donors (Lipinski definition) is 0. The number of pyridine rings is 1. The third-order valence-electron chi connectivity index (χ3n) is 5.77. The standard InChI is InChI=1S/C24H22F2N4O/c1-15-10-17-12-18(14-27)23(28-22(17)11-16(15)2)29-6-3-7-30(9-8-29)24(31)20-5-4-19(25)13-21(20)26/h4-5,10-13H,3,6-9H2,1-2H3. The van der Waals surface area contributed by atoms with Gasteiger partial charge in [0.1, 0.15) is 23.5 Å². The lowest BCUT2D eigenvalue weighted by atomic mass is 10.0. The van der Waals surface area contributed by atoms with Gasteiger partial charge < -0.3 is 9.80 Å². The maximum Gasteiger partial charge on any atom is 0.256 e. The van der Waals surface area contributed by atoms with E-state index >= 15 is 0 Å². The van der Waals surface area contributed by atoms with E-state index in [1.54, 1.807) is 4.90 Å². The van der Waals surface area contributed by atoms with Gasteiger partial charge in [-0.3, -0.25) is 4.79 Å². The Kier molecular flexibility index (Phi) is 5.55. The van der Waals surface area contributed by atoms with Crippen LogP contribution in [0.3, 0.4) is 0 Å². The zero-order chi connectivity index (χ0) is 22.1. The maximum atomic E-state index is 14.1. The van der Waals surface area contributed by atoms with E-state index in [1.807, 2.05) is 36.9 Å². The quantitative estimate of drug-likeness (QED) is 0.618. The average Bonchev–Trinajstić information content (AvgIpc) is 2.99. The van der Waals surface area contributed by atoms with Crippen LogP contribution in [-0.2, 0) is 0 Å². The van der Waals surface area contributed by atoms with Gasteiger partial charge in [0, 0.05) is 37.6 Å². The Labute approximate surface area is 179 Å². The molecule has 2 heterocycles. The second kappa shape index (κ2) is 8.31. The number of anilines is 1. The number of rotatable bonds is 2. The van der Waals surface area contributed by atoms with E-state index in [1.165, 1.54) is 6.07 Å². The zero-order valence-corrected chi connectivity index (χ0v) is 17.5. The van der Waals surface area contributed by atoms with Crippen LogP contribution in [0.2, 0.25) is 0 Å². The summed E-state index contributed by atoms with van der Waals surface area (Å²) in [6.07, 6.45) is 0.645. The number of halogens is 2. The number of benzene rings is 2. The molecular weight excluding hydrogens is 398 g/mol. The van der Waals surface area contributed by atoms with Gasteiger partial charge in [-0.15, -0.1) is 0 Å². The van der Waals surface area contributed by atoms with Crippen LogP contribution in [0.1, 0.15) is 33.5 Å². The molecular formula is C24H22F2N4O. The number of nitrogens with zero attached hydrogens (tertiary/aromatic N) is 4. The number of carbonyl (C=O) groups is 1. The van der Waals surface area contributed by atoms with E-state index in [4.69, 9.17) is 4.98 Å². The van der Waals surface area contributed by atoms with Crippen LogP contribution in [0, 0.1) is 36.8 Å². The molecule has 0 radical (unpaired) electrons. The molecule has 1 aromatic heterocycles. The molecule has 7 heteroatoms. The maximum absolute atomic E-state index is 14.1. The lowest BCUT2D eigenvalue weighted by Crippen LogP contribution is -2.36. The Hall–Kier alpha value is -3.53. The van der Waals surface area contributed by atoms with Crippen LogP contribution in [-0.4, -0.2) is 42.0 Å². The topological polar surface area (TPSA) is 60.2 Å². The Bertz CT molecular complexity index is 1220. The van der Waals surface area contributed by atoms with Crippen molar-refractivity contribution >= 4 is 22.6 Å². The average molecular weight is 420 g/mol. The van der Waals surface area contributed by atoms with Crippen molar-refractivity contribution in [3.05, 3.63) is 70.3 Å². The number of nitriles is 1. The minimum atomic E-state index is -0.861. The molecule has 1 aliphatic rings. The summed E-state index contributed by atoms with van der Waals surface area (Å²) < 4.78 is 27.2. The summed E-state index contributed by atoms with van der Waals surface area (Å²) in [5, 5.41) is 10.6. The van der Waals surface area contributed by atoms with Crippen LogP contribution in [0.5, 0.6) is 0 Å². The first-order valence-corrected chi connectivity index (χ1v) is 10.2. The van der Waals surface area contributed by atoms with E-state index in [-0.39, 0.29) is 5.56 Å². The first-order chi connectivity index (χ1) is 14.9. The lowest BCUT2D eigenvalue weighted by molar-refractivity contribution is 0.0762. The van der Waals surface area contributed by atoms with Gasteiger partial charge in [-0.1, -0.05) is 0 Å². The molecule has 0 unspecified atom stereocenters. The molecule has 31 heavy (non-hydrogen) atoms. The molecule has 3 aromatic rings. The summed E-state index contributed by atoms with van der Waals surface area (Å²) >= 11 is 0. The number of hydrogen-bond acceptors (Lipinski definition) is 4. The Morgan fingerprint density at radius 1 is 1.03 bits per heavy atom. The van der Waals surface area contributed by atoms with Crippen LogP contribution in [0.15, 0.2) is 36.4 Å². The molecule has 0 aliphatic carbocycles. The van der Waals surface area contributed by atoms with Crippen molar-refractivity contribution in [1.29, 1.82) is 5.26 Å². The second-order valence-corrected chi connectivity index (χ2v) is 7.86. The molecule has 1 aliphatic heterocycles. The van der Waals surface area contributed by atoms with E-state index in [0.29, 0.717) is 44.0 Å². The summed E-state index contributed by atoms with van der Waals surface area (Å²) in [4.78, 5) is 21.1. The second-order valence-electron chi connectivity index (χ2n) is 7.86. The van der Waals surface area contributed by atoms with Crippen molar-refractivity contribution in [3.8, 4) is 6.07 Å². The predicted octanol–water partition coefficient (Wildman–Crippen LogP) is 4.35. The fraction of sp³-hybridized carbons (Fsp3) is 0.292. The van der Waals surface area contributed by atoms with Crippen LogP contribution < -0.4 is 4.90 Å². The molecule has 1 saturated heterocycles. The largest absolute Gasteiger partial charge is 0.354 e. The molecule has 0 saturated carbocycles. The molecule has 0 atom stereocenters. The minimum absolute atomic E-state index is 0.137. The van der Waals surface area contributed by atoms with E-state index in [2.05, 4.69) is 6.07 Å². The van der Waals surface area contributed by atoms with Crippen molar-refractivity contribution < 1.29 is 13.6 Å². The number of aryl methyl sites for hydroxylation is 2. The van der Waals surface area contributed by atoms with E-state index in [0.717, 1.165) is 34.2 Å². The normalized spacial score (nSPS) is 14.4. The summed E-state index contributed by atoms with van der Waals surface area (Å²) in [7, 11) is 0. The van der Waals surface area contributed by atoms with E-state index in [9.17, 15) is 18.8 Å². The summed E-state index contributed by atoms with van der Waals surface area (Å²) in [6.45, 7) is 5.94. The highest BCUT2D eigenvalue weighted by Crippen LogP contribution is 2.26. The monoisotopic (exact) mass is 420 g/mol. The van der Waals surface area contributed by atoms with Gasteiger partial charge in [0.15, 0.2) is 0 Å². The van der Waals surface area contributed by atoms with Crippen molar-refractivity contribution in [3.63, 3.8) is 0 Å². The summed E-state index contributed by atoms with van der Waals surface area (Å²) in [5.41, 5.74) is 3.44. The SMILES string of the molecule is Cc1cc2cc(C#N)c(N3CCCN(C(=O)c4ccc(F)cc4F)CC3)nc2cc1C. The Morgan fingerprint density at radius 2 is 1.81 bits per heavy atom. The fourth-order valence-corrected chi connectivity index (χ4v) is 3.92. The molecule has 4 rings (SSSR count). The Balaban J connectivity index is 1.60. The molecule has 0 spiro atoms. The molecule has 0 bridgehead atoms. The van der Waals surface area contributed by atoms with Gasteiger partial charge in [-0.05, 0) is 61.7 Å². The summed E-state index contributed by atoms with van der Waals surface area (Å²) in [5.74, 6) is -1.44. The molecule has 1 fully saturated rings. The fourth-order valence-electron chi connectivity index (χ4n) is 3.92. The number of fused-ring (bicyclic) bond motifs is 1. The third kappa shape index (κ3) is 4.06. The van der Waals surface area contributed by atoms with Crippen molar-refractivity contribution in [1.82, 2.24) is 9.88 Å². The van der Waals surface area contributed by atoms with Gasteiger partial charge in [0.25, 0.3) is 5.91 Å². The van der Waals surface area contributed by atoms with Crippen molar-refractivity contribution in [2.24, 2.45) is 0 Å². The van der Waals surface area contributed by atoms with Gasteiger partial charge in [-0.2, -0.15) is 5.26 Å². The molecule has 158 valence electrons. The van der Waals surface area contributed by atoms with Gasteiger partial charge in [0.2, 0.25) is 0 Å². The van der Waals surface area contributed by atoms with Crippen molar-refractivity contribution in [2.75, 3.05) is 31.1 Å². The number of amides is 1. The third-order valence-corrected chi connectivity index (χ3v) is 5.77. The summed E-state index contributed by atoms with van der Waals surface area (Å²) in [6, 6.07) is 11.1. The Morgan fingerprint density at radius 3 is 2.55 bits per heavy atom.